The summed E-state index contributed by atoms with van der Waals surface area (Å²) in [7, 11) is 2.82. The first kappa shape index (κ1) is 16.6. The summed E-state index contributed by atoms with van der Waals surface area (Å²) in [5, 5.41) is 2.67. The average Bonchev–Trinajstić information content (AvgIpc) is 2.59. The van der Waals surface area contributed by atoms with Gasteiger partial charge in [-0.25, -0.2) is 14.2 Å². The molecule has 0 saturated heterocycles. The third-order valence-corrected chi connectivity index (χ3v) is 3.89. The van der Waals surface area contributed by atoms with Crippen molar-refractivity contribution in [2.75, 3.05) is 5.32 Å². The monoisotopic (exact) mass is 342 g/mol. The molecule has 25 heavy (non-hydrogen) atoms. The van der Waals surface area contributed by atoms with Crippen LogP contribution in [0.15, 0.2) is 39.9 Å². The van der Waals surface area contributed by atoms with Crippen LogP contribution in [0.4, 0.5) is 10.1 Å². The molecule has 1 N–H and O–H groups in total. The first-order chi connectivity index (χ1) is 11.8. The largest absolute Gasteiger partial charge is 0.332 e. The number of hydrogen-bond acceptors (Lipinski definition) is 4. The molecule has 0 aliphatic carbocycles. The molecule has 3 aromatic rings. The van der Waals surface area contributed by atoms with Crippen molar-refractivity contribution in [3.8, 4) is 0 Å². The van der Waals surface area contributed by atoms with Gasteiger partial charge < -0.3 is 5.32 Å². The normalized spacial score (nSPS) is 10.9. The van der Waals surface area contributed by atoms with Gasteiger partial charge in [-0.05, 0) is 37.3 Å². The van der Waals surface area contributed by atoms with Crippen LogP contribution in [0.3, 0.4) is 0 Å². The molecule has 0 radical (unpaired) electrons. The molecule has 0 spiro atoms. The predicted molar refractivity (Wildman–Crippen MR) is 91.3 cm³/mol. The van der Waals surface area contributed by atoms with Crippen LogP contribution in [0.25, 0.3) is 11.0 Å². The molecular weight excluding hydrogens is 327 g/mol. The number of aryl methyl sites for hydroxylation is 2. The van der Waals surface area contributed by atoms with Crippen molar-refractivity contribution in [2.24, 2.45) is 14.1 Å². The Kier molecular flexibility index (Phi) is 3.96. The van der Waals surface area contributed by atoms with Gasteiger partial charge in [-0.3, -0.25) is 18.7 Å². The number of aromatic nitrogens is 3. The summed E-state index contributed by atoms with van der Waals surface area (Å²) in [6, 6.07) is 6.74. The van der Waals surface area contributed by atoms with E-state index in [0.29, 0.717) is 11.4 Å². The Morgan fingerprint density at radius 3 is 2.40 bits per heavy atom. The van der Waals surface area contributed by atoms with E-state index in [1.807, 2.05) is 0 Å². The standard InChI is InChI=1S/C17H15FN4O3/c1-9-8-12(15(23)20-11-6-4-10(18)5-7-11)13-14(19-9)21(2)17(25)22(3)16(13)24/h4-8H,1-3H3,(H,20,23). The highest BCUT2D eigenvalue weighted by Crippen LogP contribution is 2.16. The topological polar surface area (TPSA) is 86.0 Å². The molecular formula is C17H15FN4O3. The second-order valence-corrected chi connectivity index (χ2v) is 5.68. The van der Waals surface area contributed by atoms with E-state index in [1.54, 1.807) is 6.92 Å². The first-order valence-electron chi connectivity index (χ1n) is 7.44. The third-order valence-electron chi connectivity index (χ3n) is 3.89. The van der Waals surface area contributed by atoms with Crippen LogP contribution < -0.4 is 16.6 Å². The highest BCUT2D eigenvalue weighted by atomic mass is 19.1. The Hall–Kier alpha value is -3.29. The lowest BCUT2D eigenvalue weighted by molar-refractivity contribution is 0.102. The van der Waals surface area contributed by atoms with E-state index in [9.17, 15) is 18.8 Å². The molecule has 7 nitrogen and oxygen atoms in total. The minimum Gasteiger partial charge on any atom is -0.322 e. The first-order valence-corrected chi connectivity index (χ1v) is 7.44. The number of carbonyl (C=O) groups excluding carboxylic acids is 1. The number of fused-ring (bicyclic) bond motifs is 1. The number of rotatable bonds is 2. The molecule has 2 aromatic heterocycles. The van der Waals surface area contributed by atoms with E-state index in [1.165, 1.54) is 49.0 Å². The van der Waals surface area contributed by atoms with E-state index in [-0.39, 0.29) is 16.6 Å². The predicted octanol–water partition coefficient (Wildman–Crippen LogP) is 1.33. The second kappa shape index (κ2) is 5.97. The van der Waals surface area contributed by atoms with Gasteiger partial charge in [0.2, 0.25) is 0 Å². The molecule has 3 rings (SSSR count). The van der Waals surface area contributed by atoms with Crippen LogP contribution in [-0.2, 0) is 14.1 Å². The van der Waals surface area contributed by atoms with Crippen LogP contribution in [-0.4, -0.2) is 20.0 Å². The zero-order valence-electron chi connectivity index (χ0n) is 13.8. The smallest absolute Gasteiger partial charge is 0.322 e. The van der Waals surface area contributed by atoms with E-state index in [0.717, 1.165) is 4.57 Å². The summed E-state index contributed by atoms with van der Waals surface area (Å²) < 4.78 is 15.1. The quantitative estimate of drug-likeness (QED) is 0.761. The maximum atomic E-state index is 13.0. The van der Waals surface area contributed by atoms with Crippen LogP contribution in [0.5, 0.6) is 0 Å². The van der Waals surface area contributed by atoms with E-state index >= 15 is 0 Å². The molecule has 0 aliphatic rings. The number of amides is 1. The number of anilines is 1. The maximum absolute atomic E-state index is 13.0. The molecule has 8 heteroatoms. The zero-order chi connectivity index (χ0) is 18.3. The lowest BCUT2D eigenvalue weighted by Crippen LogP contribution is -2.38. The lowest BCUT2D eigenvalue weighted by atomic mass is 10.1. The number of halogens is 1. The third kappa shape index (κ3) is 2.82. The maximum Gasteiger partial charge on any atom is 0.332 e. The van der Waals surface area contributed by atoms with Crippen molar-refractivity contribution in [2.45, 2.75) is 6.92 Å². The van der Waals surface area contributed by atoms with Crippen molar-refractivity contribution < 1.29 is 9.18 Å². The van der Waals surface area contributed by atoms with Crippen molar-refractivity contribution in [1.82, 2.24) is 14.1 Å². The van der Waals surface area contributed by atoms with E-state index in [4.69, 9.17) is 0 Å². The fourth-order valence-electron chi connectivity index (χ4n) is 2.59. The fourth-order valence-corrected chi connectivity index (χ4v) is 2.59. The molecule has 128 valence electrons. The fraction of sp³-hybridized carbons (Fsp3) is 0.176. The summed E-state index contributed by atoms with van der Waals surface area (Å²) in [6.45, 7) is 1.66. The molecule has 0 aliphatic heterocycles. The zero-order valence-corrected chi connectivity index (χ0v) is 13.8. The number of carbonyl (C=O) groups is 1. The highest BCUT2D eigenvalue weighted by molar-refractivity contribution is 6.11. The molecule has 1 aromatic carbocycles. The number of benzene rings is 1. The van der Waals surface area contributed by atoms with Crippen molar-refractivity contribution >= 4 is 22.6 Å². The van der Waals surface area contributed by atoms with Crippen molar-refractivity contribution in [3.05, 3.63) is 68.2 Å². The molecule has 0 atom stereocenters. The van der Waals surface area contributed by atoms with Crippen LogP contribution in [0.2, 0.25) is 0 Å². The molecule has 0 fully saturated rings. The van der Waals surface area contributed by atoms with Gasteiger partial charge in [0.1, 0.15) is 11.5 Å². The average molecular weight is 342 g/mol. The van der Waals surface area contributed by atoms with Gasteiger partial charge >= 0.3 is 5.69 Å². The van der Waals surface area contributed by atoms with Crippen LogP contribution >= 0.6 is 0 Å². The highest BCUT2D eigenvalue weighted by Gasteiger charge is 2.19. The Labute approximate surface area is 141 Å². The number of hydrogen-bond donors (Lipinski definition) is 1. The summed E-state index contributed by atoms with van der Waals surface area (Å²) in [5.41, 5.74) is -0.0219. The minimum atomic E-state index is -0.602. The Morgan fingerprint density at radius 1 is 1.12 bits per heavy atom. The SMILES string of the molecule is Cc1cc(C(=O)Nc2ccc(F)cc2)c2c(=O)n(C)c(=O)n(C)c2n1. The van der Waals surface area contributed by atoms with Crippen molar-refractivity contribution in [1.29, 1.82) is 0 Å². The van der Waals surface area contributed by atoms with E-state index < -0.39 is 23.0 Å². The molecule has 0 unspecified atom stereocenters. The Bertz CT molecular complexity index is 1110. The summed E-state index contributed by atoms with van der Waals surface area (Å²) >= 11 is 0. The lowest BCUT2D eigenvalue weighted by Gasteiger charge is -2.12. The molecule has 0 bridgehead atoms. The molecule has 1 amide bonds. The van der Waals surface area contributed by atoms with Gasteiger partial charge in [-0.2, -0.15) is 0 Å². The van der Waals surface area contributed by atoms with Gasteiger partial charge in [0.15, 0.2) is 0 Å². The van der Waals surface area contributed by atoms with Gasteiger partial charge in [0.25, 0.3) is 11.5 Å². The number of nitrogens with one attached hydrogen (secondary N) is 1. The number of pyridine rings is 1. The summed E-state index contributed by atoms with van der Waals surface area (Å²) in [5.74, 6) is -0.968. The van der Waals surface area contributed by atoms with Gasteiger partial charge in [0, 0.05) is 25.5 Å². The van der Waals surface area contributed by atoms with Crippen LogP contribution in [0, 0.1) is 12.7 Å². The van der Waals surface area contributed by atoms with Crippen molar-refractivity contribution in [3.63, 3.8) is 0 Å². The van der Waals surface area contributed by atoms with Crippen LogP contribution in [0.1, 0.15) is 16.1 Å². The molecule has 2 heterocycles. The molecule has 0 saturated carbocycles. The van der Waals surface area contributed by atoms with E-state index in [2.05, 4.69) is 10.3 Å². The Balaban J connectivity index is 2.22. The minimum absolute atomic E-state index is 0.0508. The second-order valence-electron chi connectivity index (χ2n) is 5.68. The summed E-state index contributed by atoms with van der Waals surface area (Å²) in [4.78, 5) is 41.5. The summed E-state index contributed by atoms with van der Waals surface area (Å²) in [6.07, 6.45) is 0. The Morgan fingerprint density at radius 2 is 1.76 bits per heavy atom. The van der Waals surface area contributed by atoms with Gasteiger partial charge in [0.05, 0.1) is 10.9 Å². The van der Waals surface area contributed by atoms with Gasteiger partial charge in [-0.1, -0.05) is 0 Å². The number of nitrogens with zero attached hydrogens (tertiary/aromatic N) is 3. The van der Waals surface area contributed by atoms with Gasteiger partial charge in [-0.15, -0.1) is 0 Å².